The molecule has 0 rings (SSSR count). The Kier molecular flexibility index (Phi) is 9.67. The first-order valence-corrected chi connectivity index (χ1v) is 7.56. The van der Waals surface area contributed by atoms with Crippen molar-refractivity contribution in [1.29, 1.82) is 0 Å². The number of halogens is 1. The monoisotopic (exact) mass is 292 g/mol. The molecule has 98 valence electrons. The number of hydrogen-bond acceptors (Lipinski definition) is 2. The van der Waals surface area contributed by atoms with Gasteiger partial charge in [-0.3, -0.25) is 0 Å². The van der Waals surface area contributed by atoms with Crippen LogP contribution in [-0.2, 0) is 0 Å². The summed E-state index contributed by atoms with van der Waals surface area (Å²) in [7, 11) is 4.29. The minimum Gasteiger partial charge on any atom is -0.309 e. The second-order valence-corrected chi connectivity index (χ2v) is 5.86. The molecule has 0 aromatic rings. The summed E-state index contributed by atoms with van der Waals surface area (Å²) >= 11 is 3.63. The predicted molar refractivity (Wildman–Crippen MR) is 77.4 cm³/mol. The summed E-state index contributed by atoms with van der Waals surface area (Å²) in [6.07, 6.45) is 1.27. The van der Waals surface area contributed by atoms with Gasteiger partial charge in [-0.15, -0.1) is 0 Å². The van der Waals surface area contributed by atoms with E-state index >= 15 is 0 Å². The third kappa shape index (κ3) is 7.64. The zero-order chi connectivity index (χ0) is 12.6. The lowest BCUT2D eigenvalue weighted by atomic mass is 9.97. The molecular weight excluding hydrogens is 264 g/mol. The fourth-order valence-electron chi connectivity index (χ4n) is 1.76. The molecule has 0 aliphatic rings. The summed E-state index contributed by atoms with van der Waals surface area (Å²) in [6.45, 7) is 11.7. The van der Waals surface area contributed by atoms with Crippen molar-refractivity contribution in [2.45, 2.75) is 27.2 Å². The fraction of sp³-hybridized carbons (Fsp3) is 1.00. The molecule has 0 spiro atoms. The van der Waals surface area contributed by atoms with Crippen LogP contribution in [0, 0.1) is 11.8 Å². The largest absolute Gasteiger partial charge is 0.309 e. The maximum absolute atomic E-state index is 3.63. The molecule has 0 bridgehead atoms. The quantitative estimate of drug-likeness (QED) is 0.603. The van der Waals surface area contributed by atoms with Gasteiger partial charge in [-0.2, -0.15) is 0 Å². The lowest BCUT2D eigenvalue weighted by Crippen LogP contribution is -2.34. The molecule has 0 N–H and O–H groups in total. The third-order valence-electron chi connectivity index (χ3n) is 3.16. The fourth-order valence-corrected chi connectivity index (χ4v) is 2.71. The molecule has 0 radical (unpaired) electrons. The van der Waals surface area contributed by atoms with Gasteiger partial charge in [0.1, 0.15) is 0 Å². The van der Waals surface area contributed by atoms with Gasteiger partial charge in [-0.25, -0.2) is 0 Å². The Morgan fingerprint density at radius 2 is 1.75 bits per heavy atom. The van der Waals surface area contributed by atoms with Crippen molar-refractivity contribution >= 4 is 15.9 Å². The van der Waals surface area contributed by atoms with Gasteiger partial charge in [0.25, 0.3) is 0 Å². The topological polar surface area (TPSA) is 6.48 Å². The van der Waals surface area contributed by atoms with Crippen LogP contribution in [0.5, 0.6) is 0 Å². The highest BCUT2D eigenvalue weighted by atomic mass is 79.9. The minimum absolute atomic E-state index is 0.766. The molecule has 16 heavy (non-hydrogen) atoms. The first-order valence-electron chi connectivity index (χ1n) is 6.44. The third-order valence-corrected chi connectivity index (χ3v) is 3.99. The van der Waals surface area contributed by atoms with Gasteiger partial charge in [0, 0.05) is 11.9 Å². The van der Waals surface area contributed by atoms with E-state index in [1.54, 1.807) is 0 Å². The van der Waals surface area contributed by atoms with E-state index in [0.29, 0.717) is 0 Å². The van der Waals surface area contributed by atoms with Crippen molar-refractivity contribution in [1.82, 2.24) is 9.80 Å². The van der Waals surface area contributed by atoms with Gasteiger partial charge < -0.3 is 9.80 Å². The zero-order valence-corrected chi connectivity index (χ0v) is 13.3. The highest BCUT2D eigenvalue weighted by molar-refractivity contribution is 9.09. The maximum atomic E-state index is 3.63. The average molecular weight is 293 g/mol. The van der Waals surface area contributed by atoms with E-state index in [-0.39, 0.29) is 0 Å². The van der Waals surface area contributed by atoms with Crippen LogP contribution in [0.1, 0.15) is 27.2 Å². The molecule has 0 fully saturated rings. The van der Waals surface area contributed by atoms with Crippen molar-refractivity contribution in [2.75, 3.05) is 45.6 Å². The summed E-state index contributed by atoms with van der Waals surface area (Å²) in [5.41, 5.74) is 0. The first-order chi connectivity index (χ1) is 7.51. The van der Waals surface area contributed by atoms with E-state index in [0.717, 1.165) is 17.2 Å². The molecule has 1 unspecified atom stereocenters. The Morgan fingerprint density at radius 3 is 2.12 bits per heavy atom. The van der Waals surface area contributed by atoms with Gasteiger partial charge >= 0.3 is 0 Å². The van der Waals surface area contributed by atoms with E-state index in [4.69, 9.17) is 0 Å². The van der Waals surface area contributed by atoms with Crippen LogP contribution in [-0.4, -0.2) is 55.4 Å². The van der Waals surface area contributed by atoms with Gasteiger partial charge in [-0.1, -0.05) is 36.7 Å². The Balaban J connectivity index is 3.89. The molecule has 0 saturated carbocycles. The summed E-state index contributed by atoms with van der Waals surface area (Å²) in [6, 6.07) is 0. The van der Waals surface area contributed by atoms with Crippen LogP contribution < -0.4 is 0 Å². The van der Waals surface area contributed by atoms with Crippen molar-refractivity contribution in [3.05, 3.63) is 0 Å². The smallest absolute Gasteiger partial charge is 0.00743 e. The first kappa shape index (κ1) is 16.4. The molecule has 2 nitrogen and oxygen atoms in total. The Bertz CT molecular complexity index is 160. The number of nitrogens with zero attached hydrogens (tertiary/aromatic N) is 2. The molecule has 0 aliphatic heterocycles. The lowest BCUT2D eigenvalue weighted by Gasteiger charge is -2.28. The standard InChI is InChI=1S/C13H29BrN2/c1-6-16(9-7-8-15(4)5)11-13(10-14)12(2)3/h12-13H,6-11H2,1-5H3. The zero-order valence-electron chi connectivity index (χ0n) is 11.7. The van der Waals surface area contributed by atoms with Crippen LogP contribution in [0.2, 0.25) is 0 Å². The molecule has 1 atom stereocenters. The summed E-state index contributed by atoms with van der Waals surface area (Å²) < 4.78 is 0. The van der Waals surface area contributed by atoms with Crippen molar-refractivity contribution in [3.63, 3.8) is 0 Å². The van der Waals surface area contributed by atoms with E-state index in [1.165, 1.54) is 32.6 Å². The van der Waals surface area contributed by atoms with E-state index < -0.39 is 0 Å². The Hall–Kier alpha value is 0.400. The maximum Gasteiger partial charge on any atom is 0.00743 e. The van der Waals surface area contributed by atoms with Gasteiger partial charge in [0.15, 0.2) is 0 Å². The van der Waals surface area contributed by atoms with E-state index in [2.05, 4.69) is 60.6 Å². The SMILES string of the molecule is CCN(CCCN(C)C)CC(CBr)C(C)C. The van der Waals surface area contributed by atoms with Crippen molar-refractivity contribution < 1.29 is 0 Å². The number of alkyl halides is 1. The Labute approximate surface area is 111 Å². The molecule has 0 heterocycles. The van der Waals surface area contributed by atoms with Crippen LogP contribution in [0.15, 0.2) is 0 Å². The highest BCUT2D eigenvalue weighted by Gasteiger charge is 2.15. The average Bonchev–Trinajstić information content (AvgIpc) is 2.22. The minimum atomic E-state index is 0.766. The predicted octanol–water partition coefficient (Wildman–Crippen LogP) is 2.93. The van der Waals surface area contributed by atoms with Crippen molar-refractivity contribution in [3.8, 4) is 0 Å². The summed E-state index contributed by atoms with van der Waals surface area (Å²) in [5.74, 6) is 1.54. The molecule has 0 saturated heterocycles. The lowest BCUT2D eigenvalue weighted by molar-refractivity contribution is 0.213. The van der Waals surface area contributed by atoms with Crippen molar-refractivity contribution in [2.24, 2.45) is 11.8 Å². The molecule has 0 aliphatic carbocycles. The number of rotatable bonds is 9. The normalized spacial score (nSPS) is 14.1. The highest BCUT2D eigenvalue weighted by Crippen LogP contribution is 2.15. The molecule has 3 heteroatoms. The molecule has 0 amide bonds. The molecule has 0 aromatic carbocycles. The van der Waals surface area contributed by atoms with E-state index in [1.807, 2.05) is 0 Å². The van der Waals surface area contributed by atoms with Crippen LogP contribution >= 0.6 is 15.9 Å². The van der Waals surface area contributed by atoms with Crippen LogP contribution in [0.4, 0.5) is 0 Å². The van der Waals surface area contributed by atoms with E-state index in [9.17, 15) is 0 Å². The van der Waals surface area contributed by atoms with Crippen LogP contribution in [0.25, 0.3) is 0 Å². The van der Waals surface area contributed by atoms with Crippen LogP contribution in [0.3, 0.4) is 0 Å². The van der Waals surface area contributed by atoms with Gasteiger partial charge in [-0.05, 0) is 52.0 Å². The van der Waals surface area contributed by atoms with Gasteiger partial charge in [0.2, 0.25) is 0 Å². The molecular formula is C13H29BrN2. The van der Waals surface area contributed by atoms with Gasteiger partial charge in [0.05, 0.1) is 0 Å². The summed E-state index contributed by atoms with van der Waals surface area (Å²) in [5, 5.41) is 1.12. The second kappa shape index (κ2) is 9.43. The second-order valence-electron chi connectivity index (χ2n) is 5.21. The Morgan fingerprint density at radius 1 is 1.12 bits per heavy atom. The summed E-state index contributed by atoms with van der Waals surface area (Å²) in [4.78, 5) is 4.84. The molecule has 0 aromatic heterocycles. The number of hydrogen-bond donors (Lipinski definition) is 0.